The Morgan fingerprint density at radius 2 is 1.93 bits per heavy atom. The third-order valence-electron chi connectivity index (χ3n) is 4.40. The Hall–Kier alpha value is -3.06. The number of oxazole rings is 1. The molecule has 0 unspecified atom stereocenters. The highest BCUT2D eigenvalue weighted by molar-refractivity contribution is 8.18. The zero-order chi connectivity index (χ0) is 19.5. The van der Waals surface area contributed by atoms with Gasteiger partial charge in [-0.25, -0.2) is 4.98 Å². The fourth-order valence-electron chi connectivity index (χ4n) is 2.96. The van der Waals surface area contributed by atoms with Crippen molar-refractivity contribution in [2.45, 2.75) is 12.8 Å². The Bertz CT molecular complexity index is 1020. The van der Waals surface area contributed by atoms with Crippen LogP contribution in [-0.4, -0.2) is 34.7 Å². The average Bonchev–Trinajstić information content (AvgIpc) is 3.24. The number of nitrogens with zero attached hydrogens (tertiary/aromatic N) is 2. The maximum Gasteiger partial charge on any atom is 0.293 e. The third-order valence-corrected chi connectivity index (χ3v) is 5.31. The molecule has 0 spiro atoms. The van der Waals surface area contributed by atoms with Crippen molar-refractivity contribution in [1.82, 2.24) is 9.88 Å². The average molecular weight is 394 g/mol. The third kappa shape index (κ3) is 3.80. The summed E-state index contributed by atoms with van der Waals surface area (Å²) in [5.41, 5.74) is 2.40. The van der Waals surface area contributed by atoms with Crippen molar-refractivity contribution in [2.75, 3.05) is 13.7 Å². The first-order chi connectivity index (χ1) is 13.6. The molecule has 0 atom stereocenters. The summed E-state index contributed by atoms with van der Waals surface area (Å²) in [5.74, 6) is 1.09. The minimum Gasteiger partial charge on any atom is -0.497 e. The molecule has 0 radical (unpaired) electrons. The van der Waals surface area contributed by atoms with Crippen molar-refractivity contribution in [3.8, 4) is 5.75 Å². The van der Waals surface area contributed by atoms with Crippen LogP contribution in [-0.2, 0) is 11.2 Å². The zero-order valence-corrected chi connectivity index (χ0v) is 16.1. The number of aryl methyl sites for hydroxylation is 1. The van der Waals surface area contributed by atoms with Crippen molar-refractivity contribution in [2.24, 2.45) is 0 Å². The second kappa shape index (κ2) is 7.90. The highest BCUT2D eigenvalue weighted by Gasteiger charge is 2.34. The van der Waals surface area contributed by atoms with Gasteiger partial charge in [-0.1, -0.05) is 24.3 Å². The van der Waals surface area contributed by atoms with Crippen LogP contribution in [0.5, 0.6) is 5.75 Å². The number of hydrogen-bond donors (Lipinski definition) is 0. The molecule has 0 saturated carbocycles. The maximum absolute atomic E-state index is 12.6. The topological polar surface area (TPSA) is 72.6 Å². The van der Waals surface area contributed by atoms with Crippen molar-refractivity contribution < 1.29 is 18.7 Å². The molecule has 1 saturated heterocycles. The first-order valence-corrected chi connectivity index (χ1v) is 9.69. The van der Waals surface area contributed by atoms with Gasteiger partial charge in [0.05, 0.1) is 12.0 Å². The lowest BCUT2D eigenvalue weighted by Crippen LogP contribution is -2.29. The molecule has 4 rings (SSSR count). The Morgan fingerprint density at radius 1 is 1.14 bits per heavy atom. The minimum absolute atomic E-state index is 0.248. The molecule has 1 aliphatic heterocycles. The molecule has 1 aliphatic rings. The number of imide groups is 1. The number of rotatable bonds is 6. The maximum atomic E-state index is 12.6. The predicted octanol–water partition coefficient (Wildman–Crippen LogP) is 4.51. The number of thioether (sulfide) groups is 1. The number of hydrogen-bond acceptors (Lipinski definition) is 6. The van der Waals surface area contributed by atoms with Crippen LogP contribution in [0.3, 0.4) is 0 Å². The van der Waals surface area contributed by atoms with E-state index >= 15 is 0 Å². The van der Waals surface area contributed by atoms with Crippen LogP contribution < -0.4 is 4.74 Å². The van der Waals surface area contributed by atoms with E-state index in [-0.39, 0.29) is 11.1 Å². The smallest absolute Gasteiger partial charge is 0.293 e. The van der Waals surface area contributed by atoms with Gasteiger partial charge >= 0.3 is 0 Å². The molecule has 0 N–H and O–H groups in total. The van der Waals surface area contributed by atoms with Gasteiger partial charge in [0.2, 0.25) is 0 Å². The van der Waals surface area contributed by atoms with Gasteiger partial charge in [0, 0.05) is 13.0 Å². The van der Waals surface area contributed by atoms with Gasteiger partial charge in [-0.05, 0) is 54.1 Å². The lowest BCUT2D eigenvalue weighted by molar-refractivity contribution is -0.122. The molecule has 142 valence electrons. The molecule has 7 heteroatoms. The summed E-state index contributed by atoms with van der Waals surface area (Å²) >= 11 is 0.965. The highest BCUT2D eigenvalue weighted by Crippen LogP contribution is 2.32. The standard InChI is InChI=1S/C21H18N2O4S/c1-26-15-10-8-14(9-11-15)13-18-20(24)23(21(25)28-18)12-4-7-19-22-16-5-2-3-6-17(16)27-19/h2-3,5-6,8-11,13H,4,7,12H2,1H3/b18-13-. The molecule has 2 heterocycles. The van der Waals surface area contributed by atoms with Crippen LogP contribution >= 0.6 is 11.8 Å². The number of carbonyl (C=O) groups excluding carboxylic acids is 2. The lowest BCUT2D eigenvalue weighted by Gasteiger charge is -2.11. The van der Waals surface area contributed by atoms with Crippen LogP contribution in [0.15, 0.2) is 57.9 Å². The number of para-hydroxylation sites is 2. The number of carbonyl (C=O) groups is 2. The minimum atomic E-state index is -0.261. The number of benzene rings is 2. The fraction of sp³-hybridized carbons (Fsp3) is 0.190. The van der Waals surface area contributed by atoms with E-state index in [1.807, 2.05) is 48.5 Å². The molecule has 6 nitrogen and oxygen atoms in total. The molecular weight excluding hydrogens is 376 g/mol. The van der Waals surface area contributed by atoms with E-state index in [0.717, 1.165) is 34.2 Å². The number of fused-ring (bicyclic) bond motifs is 1. The normalized spacial score (nSPS) is 15.8. The largest absolute Gasteiger partial charge is 0.497 e. The van der Waals surface area contributed by atoms with Gasteiger partial charge in [-0.2, -0.15) is 0 Å². The van der Waals surface area contributed by atoms with Crippen LogP contribution in [0.2, 0.25) is 0 Å². The van der Waals surface area contributed by atoms with Crippen molar-refractivity contribution in [3.63, 3.8) is 0 Å². The molecule has 28 heavy (non-hydrogen) atoms. The van der Waals surface area contributed by atoms with Gasteiger partial charge < -0.3 is 9.15 Å². The number of aromatic nitrogens is 1. The Morgan fingerprint density at radius 3 is 2.68 bits per heavy atom. The molecule has 3 aromatic rings. The first kappa shape index (κ1) is 18.3. The second-order valence-corrected chi connectivity index (χ2v) is 7.28. The van der Waals surface area contributed by atoms with Gasteiger partial charge in [0.25, 0.3) is 11.1 Å². The van der Waals surface area contributed by atoms with Crippen LogP contribution in [0, 0.1) is 0 Å². The monoisotopic (exact) mass is 394 g/mol. The first-order valence-electron chi connectivity index (χ1n) is 8.88. The Kier molecular flexibility index (Phi) is 5.16. The van der Waals surface area contributed by atoms with E-state index in [1.165, 1.54) is 4.90 Å². The number of methoxy groups -OCH3 is 1. The van der Waals surface area contributed by atoms with Crippen molar-refractivity contribution in [3.05, 3.63) is 64.9 Å². The molecule has 1 aromatic heterocycles. The number of amides is 2. The van der Waals surface area contributed by atoms with E-state index in [9.17, 15) is 9.59 Å². The summed E-state index contributed by atoms with van der Waals surface area (Å²) < 4.78 is 10.8. The Balaban J connectivity index is 1.38. The Labute approximate surface area is 166 Å². The molecule has 1 fully saturated rings. The lowest BCUT2D eigenvalue weighted by atomic mass is 10.2. The number of ether oxygens (including phenoxy) is 1. The van der Waals surface area contributed by atoms with Crippen LogP contribution in [0.25, 0.3) is 17.2 Å². The van der Waals surface area contributed by atoms with Crippen molar-refractivity contribution in [1.29, 1.82) is 0 Å². The van der Waals surface area contributed by atoms with Gasteiger partial charge in [-0.3, -0.25) is 14.5 Å². The summed E-state index contributed by atoms with van der Waals surface area (Å²) in [5, 5.41) is -0.248. The van der Waals surface area contributed by atoms with Crippen LogP contribution in [0.1, 0.15) is 17.9 Å². The van der Waals surface area contributed by atoms with E-state index in [2.05, 4.69) is 4.98 Å². The van der Waals surface area contributed by atoms with E-state index in [1.54, 1.807) is 13.2 Å². The summed E-state index contributed by atoms with van der Waals surface area (Å²) in [7, 11) is 1.60. The SMILES string of the molecule is COc1ccc(/C=C2\SC(=O)N(CCCc3nc4ccccc4o3)C2=O)cc1. The van der Waals surface area contributed by atoms with Gasteiger partial charge in [0.15, 0.2) is 11.5 Å². The summed E-state index contributed by atoms with van der Waals surface area (Å²) in [6.07, 6.45) is 2.89. The summed E-state index contributed by atoms with van der Waals surface area (Å²) in [4.78, 5) is 30.9. The van der Waals surface area contributed by atoms with Crippen molar-refractivity contribution >= 4 is 40.1 Å². The van der Waals surface area contributed by atoms with E-state index in [4.69, 9.17) is 9.15 Å². The zero-order valence-electron chi connectivity index (χ0n) is 15.3. The molecule has 0 aliphatic carbocycles. The highest BCUT2D eigenvalue weighted by atomic mass is 32.2. The van der Waals surface area contributed by atoms with Gasteiger partial charge in [-0.15, -0.1) is 0 Å². The second-order valence-electron chi connectivity index (χ2n) is 6.29. The quantitative estimate of drug-likeness (QED) is 0.573. The molecule has 2 aromatic carbocycles. The summed E-state index contributed by atoms with van der Waals surface area (Å²) in [6.45, 7) is 0.337. The summed E-state index contributed by atoms with van der Waals surface area (Å²) in [6, 6.07) is 14.9. The van der Waals surface area contributed by atoms with E-state index in [0.29, 0.717) is 30.2 Å². The fourth-order valence-corrected chi connectivity index (χ4v) is 3.82. The predicted molar refractivity (Wildman–Crippen MR) is 108 cm³/mol. The van der Waals surface area contributed by atoms with E-state index < -0.39 is 0 Å². The molecule has 0 bridgehead atoms. The molecular formula is C21H18N2O4S. The molecule has 2 amide bonds. The van der Waals surface area contributed by atoms with Gasteiger partial charge in [0.1, 0.15) is 11.3 Å². The van der Waals surface area contributed by atoms with Crippen LogP contribution in [0.4, 0.5) is 4.79 Å².